The van der Waals surface area contributed by atoms with E-state index in [1.165, 1.54) is 6.42 Å². The van der Waals surface area contributed by atoms with Crippen LogP contribution in [0.2, 0.25) is 0 Å². The first-order valence-electron chi connectivity index (χ1n) is 9.31. The lowest BCUT2D eigenvalue weighted by Gasteiger charge is -2.37. The summed E-state index contributed by atoms with van der Waals surface area (Å²) in [6, 6.07) is -0.104. The summed E-state index contributed by atoms with van der Waals surface area (Å²) in [6.07, 6.45) is 3.41. The van der Waals surface area contributed by atoms with Gasteiger partial charge in [-0.2, -0.15) is 0 Å². The average molecular weight is 353 g/mol. The maximum atomic E-state index is 12.5. The number of nitrogens with zero attached hydrogens (tertiary/aromatic N) is 3. The van der Waals surface area contributed by atoms with Crippen LogP contribution in [0.1, 0.15) is 33.1 Å². The van der Waals surface area contributed by atoms with Crippen molar-refractivity contribution in [3.05, 3.63) is 0 Å². The van der Waals surface area contributed by atoms with E-state index >= 15 is 0 Å². The van der Waals surface area contributed by atoms with Crippen LogP contribution in [-0.4, -0.2) is 90.9 Å². The summed E-state index contributed by atoms with van der Waals surface area (Å²) in [6.45, 7) is 8.95. The highest BCUT2D eigenvalue weighted by atomic mass is 16.2. The number of hydrogen-bond donors (Lipinski definition) is 2. The SMILES string of the molecule is CCNC(=O)NC(=O)CN1CCN(CC(=O)N2CCCC[C@H]2C)CC1. The van der Waals surface area contributed by atoms with Gasteiger partial charge in [-0.15, -0.1) is 0 Å². The van der Waals surface area contributed by atoms with Crippen LogP contribution in [0, 0.1) is 0 Å². The van der Waals surface area contributed by atoms with Gasteiger partial charge in [-0.3, -0.25) is 24.7 Å². The predicted molar refractivity (Wildman–Crippen MR) is 95.1 cm³/mol. The molecule has 0 aromatic heterocycles. The van der Waals surface area contributed by atoms with Gasteiger partial charge in [0.25, 0.3) is 0 Å². The van der Waals surface area contributed by atoms with Crippen LogP contribution in [0.25, 0.3) is 0 Å². The number of carbonyl (C=O) groups excluding carboxylic acids is 3. The molecular weight excluding hydrogens is 322 g/mol. The minimum Gasteiger partial charge on any atom is -0.339 e. The van der Waals surface area contributed by atoms with Gasteiger partial charge < -0.3 is 10.2 Å². The number of likely N-dealkylation sites (tertiary alicyclic amines) is 1. The summed E-state index contributed by atoms with van der Waals surface area (Å²) < 4.78 is 0. The van der Waals surface area contributed by atoms with Crippen molar-refractivity contribution in [3.63, 3.8) is 0 Å². The van der Waals surface area contributed by atoms with Crippen molar-refractivity contribution in [3.8, 4) is 0 Å². The second kappa shape index (κ2) is 9.72. The average Bonchev–Trinajstić information content (AvgIpc) is 2.57. The molecule has 25 heavy (non-hydrogen) atoms. The van der Waals surface area contributed by atoms with E-state index in [4.69, 9.17) is 0 Å². The Balaban J connectivity index is 1.68. The quantitative estimate of drug-likeness (QED) is 0.718. The van der Waals surface area contributed by atoms with Gasteiger partial charge in [-0.1, -0.05) is 0 Å². The molecule has 142 valence electrons. The van der Waals surface area contributed by atoms with Crippen molar-refractivity contribution in [2.45, 2.75) is 39.2 Å². The number of piperidine rings is 1. The van der Waals surface area contributed by atoms with E-state index in [1.54, 1.807) is 6.92 Å². The van der Waals surface area contributed by atoms with Crippen molar-refractivity contribution in [2.24, 2.45) is 0 Å². The number of urea groups is 1. The third-order valence-electron chi connectivity index (χ3n) is 4.90. The molecule has 4 amide bonds. The molecule has 0 aromatic rings. The van der Waals surface area contributed by atoms with Crippen molar-refractivity contribution >= 4 is 17.8 Å². The molecule has 2 rings (SSSR count). The fourth-order valence-electron chi connectivity index (χ4n) is 3.43. The molecule has 8 nitrogen and oxygen atoms in total. The van der Waals surface area contributed by atoms with Crippen LogP contribution in [0.3, 0.4) is 0 Å². The van der Waals surface area contributed by atoms with E-state index in [9.17, 15) is 14.4 Å². The summed E-state index contributed by atoms with van der Waals surface area (Å²) >= 11 is 0. The molecule has 1 atom stereocenters. The normalized spacial score (nSPS) is 22.5. The number of nitrogens with one attached hydrogen (secondary N) is 2. The van der Waals surface area contributed by atoms with Crippen LogP contribution in [0.15, 0.2) is 0 Å². The van der Waals surface area contributed by atoms with Gasteiger partial charge in [-0.05, 0) is 33.1 Å². The molecule has 2 N–H and O–H groups in total. The molecular formula is C17H31N5O3. The smallest absolute Gasteiger partial charge is 0.321 e. The highest BCUT2D eigenvalue weighted by Crippen LogP contribution is 2.16. The van der Waals surface area contributed by atoms with Gasteiger partial charge in [0.1, 0.15) is 0 Å². The second-order valence-corrected chi connectivity index (χ2v) is 6.89. The Morgan fingerprint density at radius 1 is 0.960 bits per heavy atom. The molecule has 0 spiro atoms. The number of imide groups is 1. The third kappa shape index (κ3) is 6.28. The molecule has 2 aliphatic heterocycles. The molecule has 0 saturated carbocycles. The number of hydrogen-bond acceptors (Lipinski definition) is 5. The molecule has 2 fully saturated rings. The van der Waals surface area contributed by atoms with Gasteiger partial charge >= 0.3 is 6.03 Å². The zero-order valence-electron chi connectivity index (χ0n) is 15.4. The molecule has 2 aliphatic rings. The van der Waals surface area contributed by atoms with E-state index in [0.29, 0.717) is 19.1 Å². The molecule has 0 aliphatic carbocycles. The minimum absolute atomic E-state index is 0.210. The number of carbonyl (C=O) groups is 3. The number of piperazine rings is 1. The summed E-state index contributed by atoms with van der Waals surface area (Å²) in [7, 11) is 0. The topological polar surface area (TPSA) is 85.0 Å². The van der Waals surface area contributed by atoms with E-state index in [-0.39, 0.29) is 18.4 Å². The van der Waals surface area contributed by atoms with Crippen molar-refractivity contribution in [1.82, 2.24) is 25.3 Å². The number of amides is 4. The predicted octanol–water partition coefficient (Wildman–Crippen LogP) is -0.149. The van der Waals surface area contributed by atoms with Gasteiger partial charge in [0.2, 0.25) is 11.8 Å². The first-order valence-corrected chi connectivity index (χ1v) is 9.31. The van der Waals surface area contributed by atoms with Crippen LogP contribution < -0.4 is 10.6 Å². The second-order valence-electron chi connectivity index (χ2n) is 6.89. The van der Waals surface area contributed by atoms with Crippen molar-refractivity contribution in [1.29, 1.82) is 0 Å². The Labute approximate surface area is 149 Å². The van der Waals surface area contributed by atoms with Gasteiger partial charge in [-0.25, -0.2) is 4.79 Å². The van der Waals surface area contributed by atoms with E-state index in [1.807, 2.05) is 9.80 Å². The lowest BCUT2D eigenvalue weighted by atomic mass is 10.0. The Hall–Kier alpha value is -1.67. The molecule has 0 aromatic carbocycles. The van der Waals surface area contributed by atoms with Crippen LogP contribution >= 0.6 is 0 Å². The summed E-state index contributed by atoms with van der Waals surface area (Å²) in [5.74, 6) is -0.0766. The molecule has 8 heteroatoms. The molecule has 0 bridgehead atoms. The first-order chi connectivity index (χ1) is 12.0. The van der Waals surface area contributed by atoms with Crippen molar-refractivity contribution < 1.29 is 14.4 Å². The first kappa shape index (κ1) is 19.7. The van der Waals surface area contributed by atoms with Crippen LogP contribution in [0.5, 0.6) is 0 Å². The Bertz CT molecular complexity index is 477. The summed E-state index contributed by atoms with van der Waals surface area (Å²) in [4.78, 5) is 41.8. The van der Waals surface area contributed by atoms with Gasteiger partial charge in [0.05, 0.1) is 13.1 Å². The highest BCUT2D eigenvalue weighted by molar-refractivity contribution is 5.95. The molecule has 2 heterocycles. The van der Waals surface area contributed by atoms with E-state index in [2.05, 4.69) is 22.5 Å². The Morgan fingerprint density at radius 2 is 1.60 bits per heavy atom. The summed E-state index contributed by atoms with van der Waals surface area (Å²) in [5.41, 5.74) is 0. The largest absolute Gasteiger partial charge is 0.339 e. The maximum absolute atomic E-state index is 12.5. The zero-order chi connectivity index (χ0) is 18.2. The molecule has 0 unspecified atom stereocenters. The Morgan fingerprint density at radius 3 is 2.20 bits per heavy atom. The third-order valence-corrected chi connectivity index (χ3v) is 4.90. The lowest BCUT2D eigenvalue weighted by molar-refractivity contribution is -0.136. The minimum atomic E-state index is -0.451. The van der Waals surface area contributed by atoms with E-state index in [0.717, 1.165) is 45.6 Å². The van der Waals surface area contributed by atoms with Crippen molar-refractivity contribution in [2.75, 3.05) is 52.4 Å². The monoisotopic (exact) mass is 353 g/mol. The lowest BCUT2D eigenvalue weighted by Crippen LogP contribution is -2.54. The highest BCUT2D eigenvalue weighted by Gasteiger charge is 2.26. The zero-order valence-corrected chi connectivity index (χ0v) is 15.4. The number of rotatable bonds is 5. The molecule has 2 saturated heterocycles. The summed E-state index contributed by atoms with van der Waals surface area (Å²) in [5, 5.41) is 4.85. The fraction of sp³-hybridized carbons (Fsp3) is 0.824. The van der Waals surface area contributed by atoms with Gasteiger partial charge in [0.15, 0.2) is 0 Å². The van der Waals surface area contributed by atoms with Crippen LogP contribution in [-0.2, 0) is 9.59 Å². The van der Waals surface area contributed by atoms with Crippen LogP contribution in [0.4, 0.5) is 4.79 Å². The van der Waals surface area contributed by atoms with E-state index < -0.39 is 6.03 Å². The Kier molecular flexibility index (Phi) is 7.64. The standard InChI is InChI=1S/C17H31N5O3/c1-3-18-17(25)19-15(23)12-20-8-10-21(11-9-20)13-16(24)22-7-5-4-6-14(22)2/h14H,3-13H2,1-2H3,(H2,18,19,23,25)/t14-/m1/s1. The molecule has 0 radical (unpaired) electrons. The maximum Gasteiger partial charge on any atom is 0.321 e. The fourth-order valence-corrected chi connectivity index (χ4v) is 3.43. The van der Waals surface area contributed by atoms with Gasteiger partial charge in [0, 0.05) is 45.3 Å².